The largest absolute Gasteiger partial charge is 0.377 e. The molecule has 1 fully saturated rings. The van der Waals surface area contributed by atoms with Crippen LogP contribution in [0.3, 0.4) is 0 Å². The standard InChI is InChI=1S/C14H25N3O/c1-10(2)18-8-7-17-12(4)14(11(3)16-17)9-15-13-5-6-13/h10,13,15H,5-9H2,1-4H3. The van der Waals surface area contributed by atoms with Crippen LogP contribution < -0.4 is 5.32 Å². The Morgan fingerprint density at radius 3 is 2.72 bits per heavy atom. The number of aryl methyl sites for hydroxylation is 1. The highest BCUT2D eigenvalue weighted by Gasteiger charge is 2.21. The molecule has 0 aromatic carbocycles. The molecular weight excluding hydrogens is 226 g/mol. The Labute approximate surface area is 110 Å². The maximum Gasteiger partial charge on any atom is 0.0666 e. The van der Waals surface area contributed by atoms with Crippen LogP contribution in [0.5, 0.6) is 0 Å². The highest BCUT2D eigenvalue weighted by atomic mass is 16.5. The van der Waals surface area contributed by atoms with Crippen molar-refractivity contribution in [2.45, 2.75) is 65.8 Å². The van der Waals surface area contributed by atoms with Gasteiger partial charge in [0.1, 0.15) is 0 Å². The fourth-order valence-corrected chi connectivity index (χ4v) is 2.12. The second kappa shape index (κ2) is 5.85. The van der Waals surface area contributed by atoms with Gasteiger partial charge in [0.2, 0.25) is 0 Å². The third-order valence-electron chi connectivity index (χ3n) is 3.43. The van der Waals surface area contributed by atoms with Gasteiger partial charge in [-0.05, 0) is 40.5 Å². The molecule has 0 radical (unpaired) electrons. The lowest BCUT2D eigenvalue weighted by atomic mass is 10.2. The molecule has 1 heterocycles. The van der Waals surface area contributed by atoms with E-state index in [1.54, 1.807) is 0 Å². The fourth-order valence-electron chi connectivity index (χ4n) is 2.12. The molecule has 0 unspecified atom stereocenters. The van der Waals surface area contributed by atoms with Gasteiger partial charge in [-0.3, -0.25) is 4.68 Å². The number of nitrogens with zero attached hydrogens (tertiary/aromatic N) is 2. The second-order valence-electron chi connectivity index (χ2n) is 5.45. The lowest BCUT2D eigenvalue weighted by molar-refractivity contribution is 0.0706. The van der Waals surface area contributed by atoms with E-state index in [4.69, 9.17) is 4.74 Å². The first-order valence-corrected chi connectivity index (χ1v) is 6.95. The average molecular weight is 251 g/mol. The third kappa shape index (κ3) is 3.56. The van der Waals surface area contributed by atoms with Gasteiger partial charge in [-0.1, -0.05) is 0 Å². The molecule has 18 heavy (non-hydrogen) atoms. The van der Waals surface area contributed by atoms with E-state index in [-0.39, 0.29) is 6.10 Å². The van der Waals surface area contributed by atoms with E-state index in [2.05, 4.69) is 42.8 Å². The molecule has 0 spiro atoms. The predicted octanol–water partition coefficient (Wildman–Crippen LogP) is 2.18. The first-order valence-electron chi connectivity index (χ1n) is 6.95. The highest BCUT2D eigenvalue weighted by molar-refractivity contribution is 5.24. The van der Waals surface area contributed by atoms with Gasteiger partial charge in [0.25, 0.3) is 0 Å². The summed E-state index contributed by atoms with van der Waals surface area (Å²) in [6.45, 7) is 10.9. The molecule has 4 heteroatoms. The van der Waals surface area contributed by atoms with E-state index in [9.17, 15) is 0 Å². The van der Waals surface area contributed by atoms with E-state index < -0.39 is 0 Å². The topological polar surface area (TPSA) is 39.1 Å². The number of aromatic nitrogens is 2. The van der Waals surface area contributed by atoms with Crippen molar-refractivity contribution in [1.29, 1.82) is 0 Å². The van der Waals surface area contributed by atoms with Gasteiger partial charge in [-0.15, -0.1) is 0 Å². The van der Waals surface area contributed by atoms with Crippen LogP contribution in [-0.4, -0.2) is 28.5 Å². The summed E-state index contributed by atoms with van der Waals surface area (Å²) < 4.78 is 7.65. The zero-order chi connectivity index (χ0) is 13.1. The van der Waals surface area contributed by atoms with Crippen LogP contribution in [0.1, 0.15) is 43.6 Å². The zero-order valence-electron chi connectivity index (χ0n) is 12.0. The van der Waals surface area contributed by atoms with E-state index in [1.807, 2.05) is 0 Å². The Hall–Kier alpha value is -0.870. The quantitative estimate of drug-likeness (QED) is 0.807. The summed E-state index contributed by atoms with van der Waals surface area (Å²) in [5.41, 5.74) is 3.77. The molecule has 1 N–H and O–H groups in total. The van der Waals surface area contributed by atoms with Crippen LogP contribution in [-0.2, 0) is 17.8 Å². The van der Waals surface area contributed by atoms with Crippen LogP contribution in [0.15, 0.2) is 0 Å². The van der Waals surface area contributed by atoms with Crippen LogP contribution in [0.2, 0.25) is 0 Å². The summed E-state index contributed by atoms with van der Waals surface area (Å²) in [6, 6.07) is 0.747. The number of rotatable bonds is 7. The van der Waals surface area contributed by atoms with E-state index >= 15 is 0 Å². The van der Waals surface area contributed by atoms with Crippen molar-refractivity contribution in [3.63, 3.8) is 0 Å². The average Bonchev–Trinajstić information content (AvgIpc) is 3.07. The Morgan fingerprint density at radius 1 is 1.39 bits per heavy atom. The first kappa shape index (κ1) is 13.6. The van der Waals surface area contributed by atoms with Crippen molar-refractivity contribution in [1.82, 2.24) is 15.1 Å². The third-order valence-corrected chi connectivity index (χ3v) is 3.43. The van der Waals surface area contributed by atoms with Gasteiger partial charge in [-0.2, -0.15) is 5.10 Å². The lowest BCUT2D eigenvalue weighted by Gasteiger charge is -2.09. The molecule has 1 aromatic heterocycles. The predicted molar refractivity (Wildman–Crippen MR) is 72.7 cm³/mol. The second-order valence-corrected chi connectivity index (χ2v) is 5.45. The molecular formula is C14H25N3O. The van der Waals surface area contributed by atoms with E-state index in [0.29, 0.717) is 0 Å². The Morgan fingerprint density at radius 2 is 2.11 bits per heavy atom. The van der Waals surface area contributed by atoms with Crippen molar-refractivity contribution in [2.24, 2.45) is 0 Å². The van der Waals surface area contributed by atoms with Crippen molar-refractivity contribution >= 4 is 0 Å². The Kier molecular flexibility index (Phi) is 4.40. The lowest BCUT2D eigenvalue weighted by Crippen LogP contribution is -2.17. The molecule has 0 bridgehead atoms. The van der Waals surface area contributed by atoms with Gasteiger partial charge in [0.05, 0.1) is 24.9 Å². The monoisotopic (exact) mass is 251 g/mol. The SMILES string of the molecule is Cc1nn(CCOC(C)C)c(C)c1CNC1CC1. The number of hydrogen-bond acceptors (Lipinski definition) is 3. The van der Waals surface area contributed by atoms with Gasteiger partial charge in [-0.25, -0.2) is 0 Å². The molecule has 2 rings (SSSR count). The van der Waals surface area contributed by atoms with Gasteiger partial charge >= 0.3 is 0 Å². The number of nitrogens with one attached hydrogen (secondary N) is 1. The summed E-state index contributed by atoms with van der Waals surface area (Å²) in [7, 11) is 0. The van der Waals surface area contributed by atoms with E-state index in [1.165, 1.54) is 24.1 Å². The zero-order valence-corrected chi connectivity index (χ0v) is 12.0. The van der Waals surface area contributed by atoms with Crippen molar-refractivity contribution in [2.75, 3.05) is 6.61 Å². The summed E-state index contributed by atoms with van der Waals surface area (Å²) >= 11 is 0. The maximum atomic E-state index is 5.58. The van der Waals surface area contributed by atoms with Crippen molar-refractivity contribution < 1.29 is 4.74 Å². The number of ether oxygens (including phenoxy) is 1. The molecule has 4 nitrogen and oxygen atoms in total. The summed E-state index contributed by atoms with van der Waals surface area (Å²) in [5.74, 6) is 0. The minimum absolute atomic E-state index is 0.290. The van der Waals surface area contributed by atoms with Crippen LogP contribution in [0, 0.1) is 13.8 Å². The van der Waals surface area contributed by atoms with Crippen LogP contribution >= 0.6 is 0 Å². The Bertz CT molecular complexity index is 394. The molecule has 0 atom stereocenters. The van der Waals surface area contributed by atoms with Crippen LogP contribution in [0.25, 0.3) is 0 Å². The maximum absolute atomic E-state index is 5.58. The van der Waals surface area contributed by atoms with Gasteiger partial charge in [0.15, 0.2) is 0 Å². The minimum Gasteiger partial charge on any atom is -0.377 e. The Balaban J connectivity index is 1.91. The normalized spacial score (nSPS) is 15.6. The molecule has 0 aliphatic heterocycles. The first-order chi connectivity index (χ1) is 8.58. The van der Waals surface area contributed by atoms with Gasteiger partial charge in [0, 0.05) is 23.8 Å². The molecule has 1 aliphatic rings. The fraction of sp³-hybridized carbons (Fsp3) is 0.786. The molecule has 1 aliphatic carbocycles. The van der Waals surface area contributed by atoms with Gasteiger partial charge < -0.3 is 10.1 Å². The summed E-state index contributed by atoms with van der Waals surface area (Å²) in [5, 5.41) is 8.16. The molecule has 102 valence electrons. The van der Waals surface area contributed by atoms with Crippen molar-refractivity contribution in [3.05, 3.63) is 17.0 Å². The smallest absolute Gasteiger partial charge is 0.0666 e. The molecule has 1 aromatic rings. The summed E-state index contributed by atoms with van der Waals surface area (Å²) in [6.07, 6.45) is 2.95. The van der Waals surface area contributed by atoms with E-state index in [0.717, 1.165) is 31.4 Å². The molecule has 0 saturated heterocycles. The molecule has 0 amide bonds. The highest BCUT2D eigenvalue weighted by Crippen LogP contribution is 2.21. The molecule has 1 saturated carbocycles. The number of hydrogen-bond donors (Lipinski definition) is 1. The summed E-state index contributed by atoms with van der Waals surface area (Å²) in [4.78, 5) is 0. The van der Waals surface area contributed by atoms with Crippen molar-refractivity contribution in [3.8, 4) is 0 Å². The minimum atomic E-state index is 0.290. The van der Waals surface area contributed by atoms with Crippen LogP contribution in [0.4, 0.5) is 0 Å².